The number of benzene rings is 1. The number of nitrogens with one attached hydrogen (secondary N) is 2. The van der Waals surface area contributed by atoms with E-state index in [9.17, 15) is 0 Å². The molecule has 0 aliphatic heterocycles. The molecule has 2 N–H and O–H groups in total. The summed E-state index contributed by atoms with van der Waals surface area (Å²) in [5, 5.41) is 7.70. The van der Waals surface area contributed by atoms with E-state index in [1.54, 1.807) is 25.5 Å². The number of thiazole rings is 1. The highest BCUT2D eigenvalue weighted by molar-refractivity contribution is 14.0. The molecule has 8 heteroatoms. The molecule has 0 aliphatic carbocycles. The summed E-state index contributed by atoms with van der Waals surface area (Å²) < 4.78 is 10.8. The molecule has 0 amide bonds. The van der Waals surface area contributed by atoms with Gasteiger partial charge in [-0.3, -0.25) is 4.99 Å². The molecular weight excluding hydrogens is 463 g/mol. The van der Waals surface area contributed by atoms with Crippen LogP contribution in [0.1, 0.15) is 22.0 Å². The fraction of sp³-hybridized carbons (Fsp3) is 0.444. The van der Waals surface area contributed by atoms with E-state index in [0.717, 1.165) is 47.7 Å². The maximum Gasteiger partial charge on any atom is 0.191 e. The second kappa shape index (κ2) is 11.9. The van der Waals surface area contributed by atoms with Crippen molar-refractivity contribution in [2.24, 2.45) is 4.99 Å². The van der Waals surface area contributed by atoms with Crippen LogP contribution in [0.15, 0.2) is 29.3 Å². The number of hydrogen-bond donors (Lipinski definition) is 2. The van der Waals surface area contributed by atoms with Crippen molar-refractivity contribution in [3.8, 4) is 11.5 Å². The van der Waals surface area contributed by atoms with Crippen molar-refractivity contribution in [1.82, 2.24) is 15.6 Å². The molecule has 0 radical (unpaired) electrons. The van der Waals surface area contributed by atoms with Crippen molar-refractivity contribution in [2.45, 2.75) is 26.8 Å². The Kier molecular flexibility index (Phi) is 10.3. The molecule has 1 aromatic carbocycles. The Morgan fingerprint density at radius 1 is 1.15 bits per heavy atom. The van der Waals surface area contributed by atoms with Crippen LogP contribution in [0.5, 0.6) is 11.5 Å². The molecule has 0 saturated heterocycles. The average Bonchev–Trinajstić information content (AvgIpc) is 2.95. The first-order chi connectivity index (χ1) is 12.1. The monoisotopic (exact) mass is 490 g/mol. The lowest BCUT2D eigenvalue weighted by Crippen LogP contribution is -2.37. The van der Waals surface area contributed by atoms with Crippen LogP contribution in [0.2, 0.25) is 0 Å². The molecule has 6 nitrogen and oxygen atoms in total. The summed E-state index contributed by atoms with van der Waals surface area (Å²) in [5.41, 5.74) is 1.08. The molecular formula is C18H27IN4O2S. The van der Waals surface area contributed by atoms with E-state index in [1.165, 1.54) is 4.88 Å². The van der Waals surface area contributed by atoms with E-state index < -0.39 is 0 Å². The number of ether oxygens (including phenoxy) is 2. The van der Waals surface area contributed by atoms with Crippen molar-refractivity contribution in [1.29, 1.82) is 0 Å². The van der Waals surface area contributed by atoms with Crippen LogP contribution in [0, 0.1) is 13.8 Å². The molecule has 2 rings (SSSR count). The molecule has 1 heterocycles. The molecule has 0 aliphatic rings. The van der Waals surface area contributed by atoms with Gasteiger partial charge in [0.25, 0.3) is 0 Å². The molecule has 0 fully saturated rings. The van der Waals surface area contributed by atoms with Crippen molar-refractivity contribution >= 4 is 41.3 Å². The molecule has 0 bridgehead atoms. The largest absolute Gasteiger partial charge is 0.497 e. The first-order valence-electron chi connectivity index (χ1n) is 8.26. The van der Waals surface area contributed by atoms with Crippen LogP contribution >= 0.6 is 35.3 Å². The van der Waals surface area contributed by atoms with Gasteiger partial charge in [0, 0.05) is 18.5 Å². The van der Waals surface area contributed by atoms with Crippen LogP contribution < -0.4 is 20.1 Å². The van der Waals surface area contributed by atoms with Gasteiger partial charge in [-0.25, -0.2) is 4.98 Å². The predicted molar refractivity (Wildman–Crippen MR) is 118 cm³/mol. The van der Waals surface area contributed by atoms with Gasteiger partial charge in [-0.2, -0.15) is 0 Å². The highest BCUT2D eigenvalue weighted by atomic mass is 127. The summed E-state index contributed by atoms with van der Waals surface area (Å²) in [5.74, 6) is 2.46. The van der Waals surface area contributed by atoms with Crippen molar-refractivity contribution in [3.63, 3.8) is 0 Å². The summed E-state index contributed by atoms with van der Waals surface area (Å²) in [6.07, 6.45) is 0.880. The molecule has 1 aromatic heterocycles. The maximum atomic E-state index is 5.71. The third-order valence-electron chi connectivity index (χ3n) is 3.58. The van der Waals surface area contributed by atoms with Gasteiger partial charge in [-0.05, 0) is 44.5 Å². The summed E-state index contributed by atoms with van der Waals surface area (Å²) in [4.78, 5) is 9.91. The van der Waals surface area contributed by atoms with Crippen LogP contribution in [0.25, 0.3) is 0 Å². The Morgan fingerprint density at radius 3 is 2.42 bits per heavy atom. The Balaban J connectivity index is 0.00000338. The lowest BCUT2D eigenvalue weighted by atomic mass is 10.3. The number of aliphatic imine (C=N–C) groups is 1. The first kappa shape index (κ1) is 22.5. The number of hydrogen-bond acceptors (Lipinski definition) is 5. The third-order valence-corrected chi connectivity index (χ3v) is 4.65. The van der Waals surface area contributed by atoms with Crippen molar-refractivity contribution in [3.05, 3.63) is 39.8 Å². The Labute approximate surface area is 176 Å². The number of guanidine groups is 1. The van der Waals surface area contributed by atoms with Crippen LogP contribution in [-0.2, 0) is 6.54 Å². The zero-order valence-electron chi connectivity index (χ0n) is 15.7. The van der Waals surface area contributed by atoms with Crippen LogP contribution in [-0.4, -0.2) is 38.3 Å². The van der Waals surface area contributed by atoms with Gasteiger partial charge in [0.05, 0.1) is 31.0 Å². The molecule has 144 valence electrons. The number of methoxy groups -OCH3 is 1. The number of nitrogens with zero attached hydrogens (tertiary/aromatic N) is 2. The van der Waals surface area contributed by atoms with E-state index in [0.29, 0.717) is 6.61 Å². The summed E-state index contributed by atoms with van der Waals surface area (Å²) >= 11 is 1.71. The molecule has 2 aromatic rings. The zero-order valence-corrected chi connectivity index (χ0v) is 18.8. The van der Waals surface area contributed by atoms with Gasteiger partial charge in [-0.1, -0.05) is 0 Å². The predicted octanol–water partition coefficient (Wildman–Crippen LogP) is 3.52. The van der Waals surface area contributed by atoms with Crippen LogP contribution in [0.4, 0.5) is 0 Å². The summed E-state index contributed by atoms with van der Waals surface area (Å²) in [6.45, 7) is 6.23. The minimum absolute atomic E-state index is 0. The van der Waals surface area contributed by atoms with Gasteiger partial charge in [0.2, 0.25) is 0 Å². The third kappa shape index (κ3) is 7.36. The minimum atomic E-state index is 0. The normalized spacial score (nSPS) is 10.8. The summed E-state index contributed by atoms with van der Waals surface area (Å²) in [7, 11) is 3.42. The van der Waals surface area contributed by atoms with Gasteiger partial charge < -0.3 is 20.1 Å². The topological polar surface area (TPSA) is 67.8 Å². The van der Waals surface area contributed by atoms with Gasteiger partial charge in [-0.15, -0.1) is 35.3 Å². The Morgan fingerprint density at radius 2 is 1.85 bits per heavy atom. The van der Waals surface area contributed by atoms with Gasteiger partial charge in [0.15, 0.2) is 5.96 Å². The van der Waals surface area contributed by atoms with Crippen molar-refractivity contribution < 1.29 is 9.47 Å². The Bertz CT molecular complexity index is 689. The second-order valence-electron chi connectivity index (χ2n) is 5.47. The maximum absolute atomic E-state index is 5.71. The lowest BCUT2D eigenvalue weighted by molar-refractivity contribution is 0.310. The van der Waals surface area contributed by atoms with E-state index in [4.69, 9.17) is 9.47 Å². The Hall–Kier alpha value is -1.55. The minimum Gasteiger partial charge on any atom is -0.497 e. The van der Waals surface area contributed by atoms with E-state index in [1.807, 2.05) is 38.1 Å². The molecule has 0 spiro atoms. The molecule has 0 saturated carbocycles. The van der Waals surface area contributed by atoms with E-state index in [-0.39, 0.29) is 24.0 Å². The van der Waals surface area contributed by atoms with E-state index in [2.05, 4.69) is 20.6 Å². The van der Waals surface area contributed by atoms with Crippen LogP contribution in [0.3, 0.4) is 0 Å². The molecule has 26 heavy (non-hydrogen) atoms. The average molecular weight is 490 g/mol. The standard InChI is InChI=1S/C18H26N4O2S.HI/c1-13-17(25-14(2)22-13)12-21-18(19-3)20-10-5-11-24-16-8-6-15(23-4)7-9-16;/h6-9H,5,10-12H2,1-4H3,(H2,19,20,21);1H. The van der Waals surface area contributed by atoms with Crippen molar-refractivity contribution in [2.75, 3.05) is 27.3 Å². The fourth-order valence-corrected chi connectivity index (χ4v) is 3.14. The van der Waals surface area contributed by atoms with E-state index >= 15 is 0 Å². The highest BCUT2D eigenvalue weighted by Gasteiger charge is 2.05. The van der Waals surface area contributed by atoms with Gasteiger partial charge in [0.1, 0.15) is 11.5 Å². The highest BCUT2D eigenvalue weighted by Crippen LogP contribution is 2.17. The van der Waals surface area contributed by atoms with Gasteiger partial charge >= 0.3 is 0 Å². The smallest absolute Gasteiger partial charge is 0.191 e. The quantitative estimate of drug-likeness (QED) is 0.257. The number of rotatable bonds is 8. The lowest BCUT2D eigenvalue weighted by Gasteiger charge is -2.12. The fourth-order valence-electron chi connectivity index (χ4n) is 2.26. The molecule has 0 unspecified atom stereocenters. The molecule has 0 atom stereocenters. The SMILES string of the molecule is CN=C(NCCCOc1ccc(OC)cc1)NCc1sc(C)nc1C.I. The number of halogens is 1. The number of aryl methyl sites for hydroxylation is 2. The zero-order chi connectivity index (χ0) is 18.1. The first-order valence-corrected chi connectivity index (χ1v) is 9.08. The number of aromatic nitrogens is 1. The summed E-state index contributed by atoms with van der Waals surface area (Å²) in [6, 6.07) is 7.60. The second-order valence-corrected chi connectivity index (χ2v) is 6.76.